The Bertz CT molecular complexity index is 1170. The lowest BCUT2D eigenvalue weighted by atomic mass is 10.1. The normalized spacial score (nSPS) is 11.8. The van der Waals surface area contributed by atoms with Gasteiger partial charge in [-0.15, -0.1) is 0 Å². The van der Waals surface area contributed by atoms with Crippen molar-refractivity contribution in [2.45, 2.75) is 39.3 Å². The first-order valence-corrected chi connectivity index (χ1v) is 11.5. The third-order valence-electron chi connectivity index (χ3n) is 5.14. The van der Waals surface area contributed by atoms with Crippen molar-refractivity contribution in [1.29, 1.82) is 0 Å². The summed E-state index contributed by atoms with van der Waals surface area (Å²) in [5.41, 5.74) is 2.96. The van der Waals surface area contributed by atoms with Gasteiger partial charge in [0.2, 0.25) is 5.91 Å². The fraction of sp³-hybridized carbons (Fsp3) is 0.250. The van der Waals surface area contributed by atoms with Crippen molar-refractivity contribution in [1.82, 2.24) is 10.6 Å². The molecule has 35 heavy (non-hydrogen) atoms. The molecule has 7 heteroatoms. The Labute approximate surface area is 206 Å². The average molecular weight is 473 g/mol. The highest BCUT2D eigenvalue weighted by Crippen LogP contribution is 2.15. The number of amides is 3. The Kier molecular flexibility index (Phi) is 8.25. The van der Waals surface area contributed by atoms with Crippen molar-refractivity contribution < 1.29 is 14.4 Å². The highest BCUT2D eigenvalue weighted by Gasteiger charge is 2.15. The van der Waals surface area contributed by atoms with Gasteiger partial charge in [-0.3, -0.25) is 14.4 Å². The van der Waals surface area contributed by atoms with Gasteiger partial charge in [0, 0.05) is 28.0 Å². The minimum atomic E-state index is -0.315. The third kappa shape index (κ3) is 7.99. The molecular weight excluding hydrogens is 440 g/mol. The van der Waals surface area contributed by atoms with Crippen molar-refractivity contribution in [2.75, 3.05) is 17.2 Å². The van der Waals surface area contributed by atoms with Crippen molar-refractivity contribution in [2.24, 2.45) is 0 Å². The zero-order valence-corrected chi connectivity index (χ0v) is 20.5. The maximum Gasteiger partial charge on any atom is 0.251 e. The summed E-state index contributed by atoms with van der Waals surface area (Å²) >= 11 is 0. The largest absolute Gasteiger partial charge is 0.376 e. The second kappa shape index (κ2) is 11.3. The number of benzene rings is 3. The highest BCUT2D eigenvalue weighted by atomic mass is 16.2. The second-order valence-corrected chi connectivity index (χ2v) is 9.37. The molecule has 0 aliphatic carbocycles. The zero-order chi connectivity index (χ0) is 25.4. The molecule has 3 aromatic carbocycles. The molecule has 0 heterocycles. The van der Waals surface area contributed by atoms with Gasteiger partial charge in [-0.05, 0) is 75.7 Å². The van der Waals surface area contributed by atoms with Gasteiger partial charge in [0.1, 0.15) is 0 Å². The smallest absolute Gasteiger partial charge is 0.251 e. The van der Waals surface area contributed by atoms with Crippen LogP contribution in [0.3, 0.4) is 0 Å². The van der Waals surface area contributed by atoms with Crippen LogP contribution in [0, 0.1) is 0 Å². The number of hydrogen-bond acceptors (Lipinski definition) is 4. The number of rotatable bonds is 8. The maximum absolute atomic E-state index is 12.7. The minimum absolute atomic E-state index is 0.0367. The quantitative estimate of drug-likeness (QED) is 0.380. The van der Waals surface area contributed by atoms with E-state index >= 15 is 0 Å². The monoisotopic (exact) mass is 472 g/mol. The van der Waals surface area contributed by atoms with E-state index < -0.39 is 0 Å². The van der Waals surface area contributed by atoms with Gasteiger partial charge in [-0.2, -0.15) is 0 Å². The number of carbonyl (C=O) groups is 3. The summed E-state index contributed by atoms with van der Waals surface area (Å²) in [5, 5.41) is 11.7. The lowest BCUT2D eigenvalue weighted by Gasteiger charge is -2.20. The molecule has 0 fully saturated rings. The SMILES string of the molecule is CC(NC(=O)c1cccc(NC(=O)CNc2ccc(C(=O)NC(C)(C)C)cc2)c1)c1ccccc1. The molecule has 0 saturated carbocycles. The van der Waals surface area contributed by atoms with Crippen LogP contribution in [0.25, 0.3) is 0 Å². The van der Waals surface area contributed by atoms with Gasteiger partial charge < -0.3 is 21.3 Å². The Hall–Kier alpha value is -4.13. The van der Waals surface area contributed by atoms with Crippen molar-refractivity contribution in [3.63, 3.8) is 0 Å². The van der Waals surface area contributed by atoms with E-state index in [0.29, 0.717) is 16.8 Å². The van der Waals surface area contributed by atoms with Gasteiger partial charge in [0.15, 0.2) is 0 Å². The van der Waals surface area contributed by atoms with Gasteiger partial charge in [-0.25, -0.2) is 0 Å². The standard InChI is InChI=1S/C28H32N4O3/c1-19(20-9-6-5-7-10-20)30-26(34)22-11-8-12-24(17-22)31-25(33)18-29-23-15-13-21(14-16-23)27(35)32-28(2,3)4/h5-17,19,29H,18H2,1-4H3,(H,30,34)(H,31,33)(H,32,35). The molecule has 4 N–H and O–H groups in total. The van der Waals surface area contributed by atoms with Crippen LogP contribution < -0.4 is 21.3 Å². The summed E-state index contributed by atoms with van der Waals surface area (Å²) in [6.45, 7) is 7.73. The van der Waals surface area contributed by atoms with Gasteiger partial charge in [0.05, 0.1) is 12.6 Å². The van der Waals surface area contributed by atoms with E-state index in [9.17, 15) is 14.4 Å². The molecular formula is C28H32N4O3. The van der Waals surface area contributed by atoms with E-state index in [-0.39, 0.29) is 35.8 Å². The molecule has 0 aliphatic heterocycles. The Morgan fingerprint density at radius 2 is 1.46 bits per heavy atom. The predicted molar refractivity (Wildman–Crippen MR) is 140 cm³/mol. The van der Waals surface area contributed by atoms with Crippen molar-refractivity contribution in [3.05, 3.63) is 95.6 Å². The number of carbonyl (C=O) groups excluding carboxylic acids is 3. The lowest BCUT2D eigenvalue weighted by Crippen LogP contribution is -2.40. The summed E-state index contributed by atoms with van der Waals surface area (Å²) in [7, 11) is 0. The molecule has 3 amide bonds. The first-order chi connectivity index (χ1) is 16.6. The Balaban J connectivity index is 1.52. The van der Waals surface area contributed by atoms with Gasteiger partial charge in [-0.1, -0.05) is 36.4 Å². The van der Waals surface area contributed by atoms with Crippen LogP contribution in [0.2, 0.25) is 0 Å². The average Bonchev–Trinajstić information content (AvgIpc) is 2.82. The van der Waals surface area contributed by atoms with E-state index in [0.717, 1.165) is 11.3 Å². The van der Waals surface area contributed by atoms with Crippen LogP contribution in [0.5, 0.6) is 0 Å². The zero-order valence-electron chi connectivity index (χ0n) is 20.5. The maximum atomic E-state index is 12.7. The molecule has 0 saturated heterocycles. The minimum Gasteiger partial charge on any atom is -0.376 e. The molecule has 0 bridgehead atoms. The third-order valence-corrected chi connectivity index (χ3v) is 5.14. The van der Waals surface area contributed by atoms with Crippen molar-refractivity contribution >= 4 is 29.1 Å². The highest BCUT2D eigenvalue weighted by molar-refractivity contribution is 5.98. The lowest BCUT2D eigenvalue weighted by molar-refractivity contribution is -0.114. The molecule has 0 radical (unpaired) electrons. The van der Waals surface area contributed by atoms with E-state index in [1.165, 1.54) is 0 Å². The van der Waals surface area contributed by atoms with Gasteiger partial charge >= 0.3 is 0 Å². The topological polar surface area (TPSA) is 99.3 Å². The summed E-state index contributed by atoms with van der Waals surface area (Å²) < 4.78 is 0. The summed E-state index contributed by atoms with van der Waals surface area (Å²) in [6, 6.07) is 23.3. The molecule has 1 atom stereocenters. The molecule has 3 aromatic rings. The van der Waals surface area contributed by atoms with E-state index in [2.05, 4.69) is 21.3 Å². The molecule has 7 nitrogen and oxygen atoms in total. The molecule has 0 aromatic heterocycles. The van der Waals surface area contributed by atoms with Crippen molar-refractivity contribution in [3.8, 4) is 0 Å². The van der Waals surface area contributed by atoms with Crippen LogP contribution in [-0.2, 0) is 4.79 Å². The summed E-state index contributed by atoms with van der Waals surface area (Å²) in [4.78, 5) is 37.3. The van der Waals surface area contributed by atoms with Crippen LogP contribution in [0.1, 0.15) is 60.0 Å². The summed E-state index contributed by atoms with van der Waals surface area (Å²) in [6.07, 6.45) is 0. The van der Waals surface area contributed by atoms with E-state index in [4.69, 9.17) is 0 Å². The summed E-state index contributed by atoms with van der Waals surface area (Å²) in [5.74, 6) is -0.621. The molecule has 3 rings (SSSR count). The Morgan fingerprint density at radius 3 is 2.11 bits per heavy atom. The molecule has 1 unspecified atom stereocenters. The second-order valence-electron chi connectivity index (χ2n) is 9.37. The number of hydrogen-bond donors (Lipinski definition) is 4. The van der Waals surface area contributed by atoms with E-state index in [1.54, 1.807) is 48.5 Å². The number of anilines is 2. The molecule has 0 aliphatic rings. The van der Waals surface area contributed by atoms with E-state index in [1.807, 2.05) is 58.0 Å². The molecule has 182 valence electrons. The first kappa shape index (κ1) is 25.5. The number of nitrogens with one attached hydrogen (secondary N) is 4. The van der Waals surface area contributed by atoms with Gasteiger partial charge in [0.25, 0.3) is 11.8 Å². The van der Waals surface area contributed by atoms with Crippen LogP contribution in [0.4, 0.5) is 11.4 Å². The first-order valence-electron chi connectivity index (χ1n) is 11.5. The van der Waals surface area contributed by atoms with Crippen LogP contribution in [-0.4, -0.2) is 29.8 Å². The predicted octanol–water partition coefficient (Wildman–Crippen LogP) is 4.76. The Morgan fingerprint density at radius 1 is 0.771 bits per heavy atom. The molecule has 0 spiro atoms. The van der Waals surface area contributed by atoms with Crippen LogP contribution >= 0.6 is 0 Å². The van der Waals surface area contributed by atoms with Crippen LogP contribution in [0.15, 0.2) is 78.9 Å². The fourth-order valence-corrected chi connectivity index (χ4v) is 3.38. The fourth-order valence-electron chi connectivity index (χ4n) is 3.38.